The Balaban J connectivity index is 2.99. The van der Waals surface area contributed by atoms with Crippen LogP contribution in [0.4, 0.5) is 0 Å². The number of benzene rings is 1. The average Bonchev–Trinajstić information content (AvgIpc) is 2.74. The molecule has 1 rings (SSSR count). The summed E-state index contributed by atoms with van der Waals surface area (Å²) in [7, 11) is 0. The predicted octanol–water partition coefficient (Wildman–Crippen LogP) is 8.21. The smallest absolute Gasteiger partial charge is 0.342 e. The molecule has 0 saturated carbocycles. The Labute approximate surface area is 185 Å². The number of carbonyl (C=O) groups excluding carboxylic acids is 1. The standard InChI is InChI=1S/C27H46O3/c1-7-11-18-24(21(5)15-9-3)29-26-20-14-13-17-23(26)27(28)30-25(19-12-8-2)22(6)16-10-4/h13-14,17,20-22,24-25H,7-12,15-16,18-19H2,1-6H3. The van der Waals surface area contributed by atoms with Crippen LogP contribution in [0.15, 0.2) is 24.3 Å². The normalized spacial score (nSPS) is 15.3. The first kappa shape index (κ1) is 26.5. The van der Waals surface area contributed by atoms with Crippen molar-refractivity contribution < 1.29 is 14.3 Å². The van der Waals surface area contributed by atoms with Crippen molar-refractivity contribution in [3.05, 3.63) is 29.8 Å². The second-order valence-corrected chi connectivity index (χ2v) is 8.91. The van der Waals surface area contributed by atoms with Crippen LogP contribution in [-0.2, 0) is 4.74 Å². The SMILES string of the molecule is CCCCC(OC(=O)c1ccccc1OC(CCCC)C(C)CCC)C(C)CCC. The van der Waals surface area contributed by atoms with Crippen molar-refractivity contribution in [2.45, 2.75) is 118 Å². The van der Waals surface area contributed by atoms with Crippen molar-refractivity contribution in [2.24, 2.45) is 11.8 Å². The second kappa shape index (κ2) is 15.3. The number of unbranched alkanes of at least 4 members (excludes halogenated alkanes) is 2. The van der Waals surface area contributed by atoms with E-state index < -0.39 is 0 Å². The van der Waals surface area contributed by atoms with E-state index in [0.717, 1.165) is 64.2 Å². The third kappa shape index (κ3) is 9.10. The molecule has 0 radical (unpaired) electrons. The Kier molecular flexibility index (Phi) is 13.5. The van der Waals surface area contributed by atoms with Crippen molar-refractivity contribution in [2.75, 3.05) is 0 Å². The summed E-state index contributed by atoms with van der Waals surface area (Å²) < 4.78 is 12.5. The summed E-state index contributed by atoms with van der Waals surface area (Å²) in [6.45, 7) is 13.3. The van der Waals surface area contributed by atoms with Gasteiger partial charge in [-0.25, -0.2) is 4.79 Å². The molecule has 1 aromatic carbocycles. The van der Waals surface area contributed by atoms with Crippen LogP contribution in [-0.4, -0.2) is 18.2 Å². The molecule has 3 nitrogen and oxygen atoms in total. The lowest BCUT2D eigenvalue weighted by Gasteiger charge is -2.27. The lowest BCUT2D eigenvalue weighted by molar-refractivity contribution is 0.0108. The van der Waals surface area contributed by atoms with E-state index in [1.165, 1.54) is 0 Å². The third-order valence-corrected chi connectivity index (χ3v) is 6.09. The summed E-state index contributed by atoms with van der Waals surface area (Å²) in [6.07, 6.45) is 11.0. The minimum atomic E-state index is -0.243. The van der Waals surface area contributed by atoms with Gasteiger partial charge in [-0.05, 0) is 49.7 Å². The third-order valence-electron chi connectivity index (χ3n) is 6.09. The maximum absolute atomic E-state index is 13.1. The monoisotopic (exact) mass is 418 g/mol. The first-order chi connectivity index (χ1) is 14.5. The van der Waals surface area contributed by atoms with Crippen molar-refractivity contribution >= 4 is 5.97 Å². The predicted molar refractivity (Wildman–Crippen MR) is 127 cm³/mol. The highest BCUT2D eigenvalue weighted by atomic mass is 16.5. The zero-order valence-corrected chi connectivity index (χ0v) is 20.4. The van der Waals surface area contributed by atoms with Crippen molar-refractivity contribution in [1.29, 1.82) is 0 Å². The van der Waals surface area contributed by atoms with Crippen molar-refractivity contribution in [1.82, 2.24) is 0 Å². The van der Waals surface area contributed by atoms with Gasteiger partial charge in [-0.2, -0.15) is 0 Å². The molecule has 4 atom stereocenters. The van der Waals surface area contributed by atoms with Gasteiger partial charge in [-0.3, -0.25) is 0 Å². The Morgan fingerprint density at radius 3 is 1.87 bits per heavy atom. The maximum atomic E-state index is 13.1. The van der Waals surface area contributed by atoms with Crippen LogP contribution >= 0.6 is 0 Å². The zero-order chi connectivity index (χ0) is 22.4. The number of carbonyl (C=O) groups is 1. The molecule has 0 saturated heterocycles. The second-order valence-electron chi connectivity index (χ2n) is 8.91. The molecule has 0 aliphatic carbocycles. The van der Waals surface area contributed by atoms with Crippen molar-refractivity contribution in [3.63, 3.8) is 0 Å². The Morgan fingerprint density at radius 2 is 1.30 bits per heavy atom. The molecular formula is C27H46O3. The van der Waals surface area contributed by atoms with Gasteiger partial charge < -0.3 is 9.47 Å². The molecule has 0 heterocycles. The molecule has 0 aliphatic heterocycles. The van der Waals surface area contributed by atoms with Gasteiger partial charge in [0.1, 0.15) is 23.5 Å². The van der Waals surface area contributed by atoms with E-state index in [-0.39, 0.29) is 18.2 Å². The van der Waals surface area contributed by atoms with E-state index >= 15 is 0 Å². The quantitative estimate of drug-likeness (QED) is 0.254. The van der Waals surface area contributed by atoms with Crippen LogP contribution in [0.25, 0.3) is 0 Å². The molecule has 0 amide bonds. The Bertz CT molecular complexity index is 583. The largest absolute Gasteiger partial charge is 0.489 e. The molecule has 1 aromatic rings. The fourth-order valence-corrected chi connectivity index (χ4v) is 4.11. The van der Waals surface area contributed by atoms with E-state index in [1.807, 2.05) is 24.3 Å². The lowest BCUT2D eigenvalue weighted by Crippen LogP contribution is -2.28. The Morgan fingerprint density at radius 1 is 0.767 bits per heavy atom. The van der Waals surface area contributed by atoms with Gasteiger partial charge in [0.2, 0.25) is 0 Å². The first-order valence-electron chi connectivity index (χ1n) is 12.4. The Hall–Kier alpha value is -1.51. The van der Waals surface area contributed by atoms with E-state index in [9.17, 15) is 4.79 Å². The molecule has 0 aromatic heterocycles. The highest BCUT2D eigenvalue weighted by molar-refractivity contribution is 5.92. The molecule has 0 fully saturated rings. The molecule has 4 unspecified atom stereocenters. The minimum absolute atomic E-state index is 0.0274. The number of para-hydroxylation sites is 1. The summed E-state index contributed by atoms with van der Waals surface area (Å²) in [4.78, 5) is 13.1. The van der Waals surface area contributed by atoms with E-state index in [0.29, 0.717) is 23.1 Å². The van der Waals surface area contributed by atoms with E-state index in [4.69, 9.17) is 9.47 Å². The van der Waals surface area contributed by atoms with Gasteiger partial charge in [0, 0.05) is 0 Å². The van der Waals surface area contributed by atoms with Gasteiger partial charge in [0.05, 0.1) is 0 Å². The van der Waals surface area contributed by atoms with Gasteiger partial charge in [-0.15, -0.1) is 0 Å². The van der Waals surface area contributed by atoms with Crippen LogP contribution in [0.1, 0.15) is 116 Å². The summed E-state index contributed by atoms with van der Waals surface area (Å²) in [5.41, 5.74) is 0.563. The number of esters is 1. The molecule has 172 valence electrons. The van der Waals surface area contributed by atoms with E-state index in [2.05, 4.69) is 41.5 Å². The molecule has 3 heteroatoms. The molecule has 0 spiro atoms. The van der Waals surface area contributed by atoms with Crippen LogP contribution < -0.4 is 4.74 Å². The van der Waals surface area contributed by atoms with Crippen LogP contribution in [0.2, 0.25) is 0 Å². The van der Waals surface area contributed by atoms with Crippen LogP contribution in [0, 0.1) is 11.8 Å². The summed E-state index contributed by atoms with van der Waals surface area (Å²) in [5.74, 6) is 1.27. The van der Waals surface area contributed by atoms with Crippen LogP contribution in [0.3, 0.4) is 0 Å². The topological polar surface area (TPSA) is 35.5 Å². The van der Waals surface area contributed by atoms with Gasteiger partial charge in [0.15, 0.2) is 0 Å². The zero-order valence-electron chi connectivity index (χ0n) is 20.4. The molecule has 0 bridgehead atoms. The highest BCUT2D eigenvalue weighted by Gasteiger charge is 2.25. The molecule has 0 aliphatic rings. The lowest BCUT2D eigenvalue weighted by atomic mass is 9.95. The van der Waals surface area contributed by atoms with Crippen LogP contribution in [0.5, 0.6) is 5.75 Å². The van der Waals surface area contributed by atoms with E-state index in [1.54, 1.807) is 0 Å². The molecule has 30 heavy (non-hydrogen) atoms. The maximum Gasteiger partial charge on any atom is 0.342 e. The molecular weight excluding hydrogens is 372 g/mol. The summed E-state index contributed by atoms with van der Waals surface area (Å²) in [5, 5.41) is 0. The number of rotatable bonds is 16. The van der Waals surface area contributed by atoms with Gasteiger partial charge in [-0.1, -0.05) is 92.2 Å². The summed E-state index contributed by atoms with van der Waals surface area (Å²) >= 11 is 0. The van der Waals surface area contributed by atoms with Gasteiger partial charge >= 0.3 is 5.97 Å². The number of ether oxygens (including phenoxy) is 2. The average molecular weight is 419 g/mol. The highest BCUT2D eigenvalue weighted by Crippen LogP contribution is 2.28. The fourth-order valence-electron chi connectivity index (χ4n) is 4.11. The summed E-state index contributed by atoms with van der Waals surface area (Å²) in [6, 6.07) is 7.61. The van der Waals surface area contributed by atoms with Gasteiger partial charge in [0.25, 0.3) is 0 Å². The fraction of sp³-hybridized carbons (Fsp3) is 0.741. The first-order valence-corrected chi connectivity index (χ1v) is 12.4. The number of hydrogen-bond acceptors (Lipinski definition) is 3. The number of hydrogen-bond donors (Lipinski definition) is 0. The molecule has 0 N–H and O–H groups in total. The minimum Gasteiger partial charge on any atom is -0.489 e. The van der Waals surface area contributed by atoms with Crippen molar-refractivity contribution in [3.8, 4) is 5.75 Å².